The zero-order valence-electron chi connectivity index (χ0n) is 13.9. The van der Waals surface area contributed by atoms with E-state index >= 15 is 0 Å². The van der Waals surface area contributed by atoms with Gasteiger partial charge in [-0.05, 0) is 36.4 Å². The highest BCUT2D eigenvalue weighted by Gasteiger charge is 2.37. The highest BCUT2D eigenvalue weighted by Crippen LogP contribution is 2.37. The molecular formula is C17H11BrF6N2O2. The van der Waals surface area contributed by atoms with Gasteiger partial charge in [-0.3, -0.25) is 9.59 Å². The number of halogens is 7. The first-order chi connectivity index (χ1) is 12.8. The minimum atomic E-state index is -5.04. The highest BCUT2D eigenvalue weighted by molar-refractivity contribution is 9.10. The molecular weight excluding hydrogens is 458 g/mol. The molecule has 2 aromatic rings. The van der Waals surface area contributed by atoms with E-state index in [9.17, 15) is 35.9 Å². The smallest absolute Gasteiger partial charge is 0.326 e. The molecule has 0 aromatic heterocycles. The van der Waals surface area contributed by atoms with Crippen LogP contribution >= 0.6 is 15.9 Å². The molecule has 0 heterocycles. The van der Waals surface area contributed by atoms with Crippen LogP contribution in [0, 0.1) is 0 Å². The van der Waals surface area contributed by atoms with Crippen LogP contribution in [0.1, 0.15) is 28.4 Å². The number of hydrogen-bond donors (Lipinski definition) is 2. The summed E-state index contributed by atoms with van der Waals surface area (Å²) in [6.45, 7) is 1.17. The van der Waals surface area contributed by atoms with Crippen molar-refractivity contribution in [3.8, 4) is 0 Å². The Morgan fingerprint density at radius 2 is 1.39 bits per heavy atom. The Labute approximate surface area is 163 Å². The summed E-state index contributed by atoms with van der Waals surface area (Å²) in [5.74, 6) is -1.52. The van der Waals surface area contributed by atoms with Gasteiger partial charge in [0.2, 0.25) is 5.91 Å². The Kier molecular flexibility index (Phi) is 6.07. The third-order valence-corrected chi connectivity index (χ3v) is 3.88. The molecule has 2 amide bonds. The minimum Gasteiger partial charge on any atom is -0.326 e. The number of hydrogen-bond acceptors (Lipinski definition) is 2. The quantitative estimate of drug-likeness (QED) is 0.567. The molecule has 0 aliphatic carbocycles. The van der Waals surface area contributed by atoms with Crippen LogP contribution in [0.25, 0.3) is 0 Å². The summed E-state index contributed by atoms with van der Waals surface area (Å²) in [7, 11) is 0. The van der Waals surface area contributed by atoms with E-state index in [0.29, 0.717) is 16.6 Å². The van der Waals surface area contributed by atoms with Gasteiger partial charge in [-0.25, -0.2) is 0 Å². The lowest BCUT2D eigenvalue weighted by Gasteiger charge is -2.16. The zero-order valence-corrected chi connectivity index (χ0v) is 15.5. The van der Waals surface area contributed by atoms with Crippen LogP contribution in [0.5, 0.6) is 0 Å². The van der Waals surface area contributed by atoms with Gasteiger partial charge < -0.3 is 10.6 Å². The molecule has 28 heavy (non-hydrogen) atoms. The van der Waals surface area contributed by atoms with Gasteiger partial charge in [0.25, 0.3) is 5.91 Å². The summed E-state index contributed by atoms with van der Waals surface area (Å²) in [4.78, 5) is 23.7. The predicted octanol–water partition coefficient (Wildman–Crippen LogP) is 5.70. The van der Waals surface area contributed by atoms with E-state index in [1.54, 1.807) is 0 Å². The summed E-state index contributed by atoms with van der Waals surface area (Å²) >= 11 is 3.10. The Morgan fingerprint density at radius 1 is 0.857 bits per heavy atom. The third kappa shape index (κ3) is 5.47. The van der Waals surface area contributed by atoms with E-state index in [4.69, 9.17) is 0 Å². The minimum absolute atomic E-state index is 0.0382. The molecule has 0 spiro atoms. The van der Waals surface area contributed by atoms with Crippen LogP contribution < -0.4 is 10.6 Å². The Morgan fingerprint density at radius 3 is 1.86 bits per heavy atom. The number of rotatable bonds is 3. The monoisotopic (exact) mass is 468 g/mol. The van der Waals surface area contributed by atoms with Crippen molar-refractivity contribution in [2.45, 2.75) is 19.3 Å². The second-order valence-electron chi connectivity index (χ2n) is 5.62. The first-order valence-corrected chi connectivity index (χ1v) is 8.24. The summed E-state index contributed by atoms with van der Waals surface area (Å²) in [6, 6.07) is 4.85. The normalized spacial score (nSPS) is 11.9. The molecule has 0 unspecified atom stereocenters. The number of alkyl halides is 6. The van der Waals surface area contributed by atoms with Crippen molar-refractivity contribution in [1.82, 2.24) is 0 Å². The van der Waals surface area contributed by atoms with E-state index in [0.717, 1.165) is 0 Å². The topological polar surface area (TPSA) is 58.2 Å². The van der Waals surface area contributed by atoms with E-state index in [2.05, 4.69) is 21.2 Å². The maximum atomic E-state index is 12.9. The van der Waals surface area contributed by atoms with Gasteiger partial charge in [-0.2, -0.15) is 26.3 Å². The molecule has 0 saturated heterocycles. The molecule has 2 rings (SSSR count). The molecule has 11 heteroatoms. The molecule has 0 fully saturated rings. The average Bonchev–Trinajstić information content (AvgIpc) is 2.54. The molecule has 150 valence electrons. The van der Waals surface area contributed by atoms with Crippen molar-refractivity contribution in [3.05, 3.63) is 57.6 Å². The van der Waals surface area contributed by atoms with E-state index in [1.807, 2.05) is 5.32 Å². The van der Waals surface area contributed by atoms with Crippen molar-refractivity contribution >= 4 is 39.1 Å². The number of amides is 2. The molecule has 0 atom stereocenters. The number of carbonyl (C=O) groups is 2. The maximum Gasteiger partial charge on any atom is 0.416 e. The van der Waals surface area contributed by atoms with Gasteiger partial charge in [0.1, 0.15) is 0 Å². The fraction of sp³-hybridized carbons (Fsp3) is 0.176. The summed E-state index contributed by atoms with van der Waals surface area (Å²) < 4.78 is 77.9. The fourth-order valence-electron chi connectivity index (χ4n) is 2.23. The van der Waals surface area contributed by atoms with Gasteiger partial charge in [0.05, 0.1) is 22.4 Å². The van der Waals surface area contributed by atoms with Crippen LogP contribution in [0.3, 0.4) is 0 Å². The first kappa shape index (κ1) is 21.7. The number of nitrogens with one attached hydrogen (secondary N) is 2. The SMILES string of the molecule is CC(=O)Nc1ccc(Br)cc1C(=O)Nc1cc(C(F)(F)F)cc(C(F)(F)F)c1. The van der Waals surface area contributed by atoms with E-state index < -0.39 is 41.0 Å². The summed E-state index contributed by atoms with van der Waals surface area (Å²) in [5.41, 5.74) is -3.93. The largest absolute Gasteiger partial charge is 0.416 e. The molecule has 2 N–H and O–H groups in total. The van der Waals surface area contributed by atoms with Gasteiger partial charge in [0, 0.05) is 17.1 Å². The summed E-state index contributed by atoms with van der Waals surface area (Å²) in [6.07, 6.45) is -10.1. The summed E-state index contributed by atoms with van der Waals surface area (Å²) in [5, 5.41) is 4.37. The first-order valence-electron chi connectivity index (χ1n) is 7.45. The third-order valence-electron chi connectivity index (χ3n) is 3.38. The Hall–Kier alpha value is -2.56. The van der Waals surface area contributed by atoms with Crippen molar-refractivity contribution < 1.29 is 35.9 Å². The highest BCUT2D eigenvalue weighted by atomic mass is 79.9. The van der Waals surface area contributed by atoms with Gasteiger partial charge >= 0.3 is 12.4 Å². The van der Waals surface area contributed by atoms with E-state index in [1.165, 1.54) is 25.1 Å². The predicted molar refractivity (Wildman–Crippen MR) is 92.8 cm³/mol. The van der Waals surface area contributed by atoms with Gasteiger partial charge in [-0.15, -0.1) is 0 Å². The lowest BCUT2D eigenvalue weighted by Crippen LogP contribution is -2.18. The van der Waals surface area contributed by atoms with E-state index in [-0.39, 0.29) is 17.3 Å². The van der Waals surface area contributed by atoms with Crippen molar-refractivity contribution in [2.24, 2.45) is 0 Å². The van der Waals surface area contributed by atoms with Crippen LogP contribution in [0.2, 0.25) is 0 Å². The number of anilines is 2. The second kappa shape index (κ2) is 7.82. The number of carbonyl (C=O) groups excluding carboxylic acids is 2. The maximum absolute atomic E-state index is 12.9. The average molecular weight is 469 g/mol. The molecule has 0 radical (unpaired) electrons. The second-order valence-corrected chi connectivity index (χ2v) is 6.54. The lowest BCUT2D eigenvalue weighted by molar-refractivity contribution is -0.143. The standard InChI is InChI=1S/C17H11BrF6N2O2/c1-8(27)25-14-3-2-11(18)7-13(14)15(28)26-12-5-9(16(19,20)21)4-10(6-12)17(22,23)24/h2-7H,1H3,(H,25,27)(H,26,28). The van der Waals surface area contributed by atoms with Crippen LogP contribution in [0.15, 0.2) is 40.9 Å². The molecule has 0 aliphatic heterocycles. The number of benzene rings is 2. The van der Waals surface area contributed by atoms with Crippen LogP contribution in [0.4, 0.5) is 37.7 Å². The molecule has 4 nitrogen and oxygen atoms in total. The van der Waals surface area contributed by atoms with Crippen molar-refractivity contribution in [3.63, 3.8) is 0 Å². The van der Waals surface area contributed by atoms with Crippen LogP contribution in [-0.4, -0.2) is 11.8 Å². The fourth-order valence-corrected chi connectivity index (χ4v) is 2.59. The molecule has 0 bridgehead atoms. The Balaban J connectivity index is 2.47. The zero-order chi connectivity index (χ0) is 21.3. The Bertz CT molecular complexity index is 893. The lowest BCUT2D eigenvalue weighted by atomic mass is 10.1. The molecule has 0 aliphatic rings. The van der Waals surface area contributed by atoms with Crippen molar-refractivity contribution in [2.75, 3.05) is 10.6 Å². The van der Waals surface area contributed by atoms with Gasteiger partial charge in [-0.1, -0.05) is 15.9 Å². The van der Waals surface area contributed by atoms with Crippen molar-refractivity contribution in [1.29, 1.82) is 0 Å². The van der Waals surface area contributed by atoms with Crippen LogP contribution in [-0.2, 0) is 17.1 Å². The van der Waals surface area contributed by atoms with Gasteiger partial charge in [0.15, 0.2) is 0 Å². The molecule has 2 aromatic carbocycles. The molecule has 0 saturated carbocycles.